The van der Waals surface area contributed by atoms with Gasteiger partial charge in [-0.3, -0.25) is 4.79 Å². The van der Waals surface area contributed by atoms with Crippen LogP contribution in [0.5, 0.6) is 0 Å². The Morgan fingerprint density at radius 2 is 1.76 bits per heavy atom. The topological polar surface area (TPSA) is 31.2 Å². The van der Waals surface area contributed by atoms with E-state index in [2.05, 4.69) is 16.7 Å². The summed E-state index contributed by atoms with van der Waals surface area (Å²) in [6, 6.07) is 20.2. The zero-order chi connectivity index (χ0) is 14.7. The second-order valence-electron chi connectivity index (χ2n) is 5.02. The molecule has 0 saturated carbocycles. The molecule has 106 valence electrons. The van der Waals surface area contributed by atoms with Crippen LogP contribution in [-0.2, 0) is 11.3 Å². The molecule has 3 aromatic rings. The lowest BCUT2D eigenvalue weighted by Gasteiger charge is -2.10. The predicted molar refractivity (Wildman–Crippen MR) is 83.7 cm³/mol. The van der Waals surface area contributed by atoms with Gasteiger partial charge in [0, 0.05) is 24.6 Å². The Kier molecular flexibility index (Phi) is 3.84. The van der Waals surface area contributed by atoms with Crippen molar-refractivity contribution in [1.29, 1.82) is 0 Å². The molecule has 3 rings (SSSR count). The molecule has 0 bridgehead atoms. The third kappa shape index (κ3) is 2.73. The van der Waals surface area contributed by atoms with Crippen molar-refractivity contribution in [2.45, 2.75) is 6.54 Å². The Bertz CT molecular complexity index is 759. The van der Waals surface area contributed by atoms with Gasteiger partial charge < -0.3 is 9.30 Å². The minimum absolute atomic E-state index is 0.00429. The van der Waals surface area contributed by atoms with Crippen LogP contribution in [0.3, 0.4) is 0 Å². The van der Waals surface area contributed by atoms with Crippen LogP contribution < -0.4 is 0 Å². The van der Waals surface area contributed by atoms with Crippen molar-refractivity contribution in [3.63, 3.8) is 0 Å². The Balaban J connectivity index is 2.09. The second-order valence-corrected chi connectivity index (χ2v) is 5.02. The SMILES string of the molecule is COCC(=O)c1cc2ccccc2n1Cc1ccccc1. The van der Waals surface area contributed by atoms with Gasteiger partial charge in [0.15, 0.2) is 0 Å². The van der Waals surface area contributed by atoms with E-state index in [9.17, 15) is 4.79 Å². The van der Waals surface area contributed by atoms with Gasteiger partial charge in [0.25, 0.3) is 0 Å². The van der Waals surface area contributed by atoms with E-state index in [1.165, 1.54) is 5.56 Å². The van der Waals surface area contributed by atoms with Crippen molar-refractivity contribution >= 4 is 16.7 Å². The first-order valence-electron chi connectivity index (χ1n) is 6.94. The standard InChI is InChI=1S/C18H17NO2/c1-21-13-18(20)17-11-15-9-5-6-10-16(15)19(17)12-14-7-3-2-4-8-14/h2-11H,12-13H2,1H3. The van der Waals surface area contributed by atoms with Crippen LogP contribution in [-0.4, -0.2) is 24.1 Å². The molecule has 2 aromatic carbocycles. The van der Waals surface area contributed by atoms with Crippen LogP contribution in [0.4, 0.5) is 0 Å². The predicted octanol–water partition coefficient (Wildman–Crippen LogP) is 3.52. The summed E-state index contributed by atoms with van der Waals surface area (Å²) < 4.78 is 7.06. The summed E-state index contributed by atoms with van der Waals surface area (Å²) in [5.74, 6) is 0.00429. The molecule has 0 atom stereocenters. The van der Waals surface area contributed by atoms with E-state index in [0.29, 0.717) is 12.2 Å². The number of benzene rings is 2. The molecule has 1 aromatic heterocycles. The van der Waals surface area contributed by atoms with Crippen molar-refractivity contribution in [1.82, 2.24) is 4.57 Å². The smallest absolute Gasteiger partial charge is 0.204 e. The number of carbonyl (C=O) groups is 1. The fourth-order valence-electron chi connectivity index (χ4n) is 2.58. The van der Waals surface area contributed by atoms with Crippen molar-refractivity contribution in [3.05, 3.63) is 71.9 Å². The summed E-state index contributed by atoms with van der Waals surface area (Å²) in [4.78, 5) is 12.3. The molecule has 3 heteroatoms. The Hall–Kier alpha value is -2.39. The quantitative estimate of drug-likeness (QED) is 0.669. The number of fused-ring (bicyclic) bond motifs is 1. The van der Waals surface area contributed by atoms with Crippen LogP contribution in [0.2, 0.25) is 0 Å². The summed E-state index contributed by atoms with van der Waals surface area (Å²) in [5, 5.41) is 1.08. The zero-order valence-corrected chi connectivity index (χ0v) is 12.0. The number of hydrogen-bond donors (Lipinski definition) is 0. The largest absolute Gasteiger partial charge is 0.376 e. The van der Waals surface area contributed by atoms with E-state index >= 15 is 0 Å². The molecule has 0 fully saturated rings. The minimum Gasteiger partial charge on any atom is -0.376 e. The van der Waals surface area contributed by atoms with Crippen molar-refractivity contribution in [2.75, 3.05) is 13.7 Å². The normalized spacial score (nSPS) is 10.9. The highest BCUT2D eigenvalue weighted by Crippen LogP contribution is 2.21. The molecule has 0 aliphatic carbocycles. The van der Waals surface area contributed by atoms with E-state index in [-0.39, 0.29) is 12.4 Å². The average molecular weight is 279 g/mol. The number of para-hydroxylation sites is 1. The zero-order valence-electron chi connectivity index (χ0n) is 12.0. The van der Waals surface area contributed by atoms with Gasteiger partial charge in [0.2, 0.25) is 5.78 Å². The van der Waals surface area contributed by atoms with Crippen molar-refractivity contribution < 1.29 is 9.53 Å². The van der Waals surface area contributed by atoms with Crippen LogP contribution in [0, 0.1) is 0 Å². The van der Waals surface area contributed by atoms with Crippen LogP contribution in [0.25, 0.3) is 10.9 Å². The van der Waals surface area contributed by atoms with Gasteiger partial charge in [0.05, 0.1) is 5.69 Å². The number of ketones is 1. The number of ether oxygens (including phenoxy) is 1. The van der Waals surface area contributed by atoms with Crippen LogP contribution in [0.15, 0.2) is 60.7 Å². The van der Waals surface area contributed by atoms with Crippen LogP contribution >= 0.6 is 0 Å². The van der Waals surface area contributed by atoms with Gasteiger partial charge in [0.1, 0.15) is 6.61 Å². The third-order valence-corrected chi connectivity index (χ3v) is 3.56. The maximum absolute atomic E-state index is 12.3. The van der Waals surface area contributed by atoms with Crippen molar-refractivity contribution in [3.8, 4) is 0 Å². The first-order chi connectivity index (χ1) is 10.3. The molecule has 0 unspecified atom stereocenters. The number of rotatable bonds is 5. The lowest BCUT2D eigenvalue weighted by atomic mass is 10.2. The third-order valence-electron chi connectivity index (χ3n) is 3.56. The molecule has 0 radical (unpaired) electrons. The number of nitrogens with zero attached hydrogens (tertiary/aromatic N) is 1. The fraction of sp³-hybridized carbons (Fsp3) is 0.167. The molecule has 1 heterocycles. The number of methoxy groups -OCH3 is 1. The van der Waals surface area contributed by atoms with E-state index < -0.39 is 0 Å². The highest BCUT2D eigenvalue weighted by Gasteiger charge is 2.15. The number of Topliss-reactive ketones (excluding diaryl/α,β-unsaturated/α-hetero) is 1. The maximum Gasteiger partial charge on any atom is 0.204 e. The van der Waals surface area contributed by atoms with Gasteiger partial charge in [-0.2, -0.15) is 0 Å². The highest BCUT2D eigenvalue weighted by atomic mass is 16.5. The van der Waals surface area contributed by atoms with E-state index in [4.69, 9.17) is 4.74 Å². The Morgan fingerprint density at radius 3 is 2.52 bits per heavy atom. The molecule has 0 aliphatic rings. The van der Waals surface area contributed by atoms with E-state index in [1.807, 2.05) is 48.5 Å². The van der Waals surface area contributed by atoms with E-state index in [1.54, 1.807) is 7.11 Å². The lowest BCUT2D eigenvalue weighted by molar-refractivity contribution is 0.0839. The maximum atomic E-state index is 12.3. The minimum atomic E-state index is 0.00429. The van der Waals surface area contributed by atoms with Crippen LogP contribution in [0.1, 0.15) is 16.1 Å². The fourth-order valence-corrected chi connectivity index (χ4v) is 2.58. The molecule has 0 amide bonds. The first-order valence-corrected chi connectivity index (χ1v) is 6.94. The van der Waals surface area contributed by atoms with E-state index in [0.717, 1.165) is 10.9 Å². The molecule has 0 spiro atoms. The second kappa shape index (κ2) is 5.94. The average Bonchev–Trinajstić information content (AvgIpc) is 2.88. The molecule has 0 aliphatic heterocycles. The van der Waals surface area contributed by atoms with Gasteiger partial charge >= 0.3 is 0 Å². The molecule has 0 saturated heterocycles. The Morgan fingerprint density at radius 1 is 1.05 bits per heavy atom. The Labute approximate surface area is 123 Å². The summed E-state index contributed by atoms with van der Waals surface area (Å²) in [7, 11) is 1.54. The number of carbonyl (C=O) groups excluding carboxylic acids is 1. The lowest BCUT2D eigenvalue weighted by Crippen LogP contribution is -2.14. The van der Waals surface area contributed by atoms with Gasteiger partial charge in [-0.05, 0) is 17.7 Å². The molecular weight excluding hydrogens is 262 g/mol. The molecular formula is C18H17NO2. The highest BCUT2D eigenvalue weighted by molar-refractivity contribution is 6.00. The molecule has 3 nitrogen and oxygen atoms in total. The van der Waals surface area contributed by atoms with Crippen molar-refractivity contribution in [2.24, 2.45) is 0 Å². The van der Waals surface area contributed by atoms with Gasteiger partial charge in [-0.15, -0.1) is 0 Å². The van der Waals surface area contributed by atoms with Gasteiger partial charge in [-0.1, -0.05) is 48.5 Å². The summed E-state index contributed by atoms with van der Waals surface area (Å²) in [6.45, 7) is 0.782. The summed E-state index contributed by atoms with van der Waals surface area (Å²) >= 11 is 0. The monoisotopic (exact) mass is 279 g/mol. The number of hydrogen-bond acceptors (Lipinski definition) is 2. The number of aromatic nitrogens is 1. The summed E-state index contributed by atoms with van der Waals surface area (Å²) in [6.07, 6.45) is 0. The molecule has 21 heavy (non-hydrogen) atoms. The first kappa shape index (κ1) is 13.6. The summed E-state index contributed by atoms with van der Waals surface area (Å²) in [5.41, 5.74) is 2.94. The van der Waals surface area contributed by atoms with Gasteiger partial charge in [-0.25, -0.2) is 0 Å². The molecule has 0 N–H and O–H groups in total.